The number of ketones is 1. The number of Topliss-reactive ketones (excluding diaryl/α,β-unsaturated/α-hetero) is 1. The topological polar surface area (TPSA) is 495 Å². The van der Waals surface area contributed by atoms with Gasteiger partial charge in [-0.05, 0) is 120 Å². The first-order chi connectivity index (χ1) is 44.4. The van der Waals surface area contributed by atoms with Crippen molar-refractivity contribution in [1.82, 2.24) is 0 Å². The Morgan fingerprint density at radius 2 is 1.07 bits per heavy atom. The van der Waals surface area contributed by atoms with Crippen molar-refractivity contribution in [2.45, 2.75) is 316 Å². The quantitative estimate of drug-likeness (QED) is 0.0410. The van der Waals surface area contributed by atoms with Crippen molar-refractivity contribution in [2.75, 3.05) is 13.2 Å². The van der Waals surface area contributed by atoms with E-state index in [4.69, 9.17) is 61.0 Å². The van der Waals surface area contributed by atoms with Crippen LogP contribution in [0.15, 0.2) is 11.6 Å². The molecule has 0 aromatic heterocycles. The van der Waals surface area contributed by atoms with E-state index in [9.17, 15) is 94.4 Å². The molecule has 0 bridgehead atoms. The molecule has 9 fully saturated rings. The zero-order valence-corrected chi connectivity index (χ0v) is 55.6. The van der Waals surface area contributed by atoms with Gasteiger partial charge in [-0.3, -0.25) is 9.35 Å². The smallest absolute Gasteiger partial charge is 0.394 e. The molecule has 6 saturated heterocycles. The van der Waals surface area contributed by atoms with Crippen molar-refractivity contribution in [3.63, 3.8) is 0 Å². The second-order valence-electron chi connectivity index (χ2n) is 29.5. The van der Waals surface area contributed by atoms with Crippen molar-refractivity contribution < 1.29 is 155 Å². The van der Waals surface area contributed by atoms with Crippen LogP contribution in [0.25, 0.3) is 0 Å². The third-order valence-corrected chi connectivity index (χ3v) is 22.9. The molecule has 548 valence electrons. The molecule has 0 aromatic carbocycles. The monoisotopic (exact) mass is 1390 g/mol. The Labute approximate surface area is 551 Å². The van der Waals surface area contributed by atoms with E-state index in [-0.39, 0.29) is 48.7 Å². The lowest BCUT2D eigenvalue weighted by atomic mass is 9.47. The van der Waals surface area contributed by atoms with Crippen LogP contribution in [0.3, 0.4) is 0 Å². The van der Waals surface area contributed by atoms with Crippen LogP contribution in [0.1, 0.15) is 120 Å². The standard InChI is InChI=1S/C62H102O32S/c1-22(2)16-27(64)19-62(9,78)36-11-10-30-29-18-33(32-17-28(94-95(79,80)81)12-14-60(32,7)31(29)13-15-61(30,36)8)87-56-48(76)51(40(68)25(5)85-56)91-58-52(92-55-47(75)44(72)38(66)24(4)84-55)42(70)35(21-82-58)89-59-53(45(73)41(69)34(20-63)88-59)93-57-49(77)50(39(67)26(6)86-57)90-54-46(74)43(71)37(65)23(3)83-54/h13,22-26,28-30,32-59,63,65-78H,10-12,14-21H2,1-9H3,(H,79,80,81)/t23-,24-,25-,26-,28+,29?,30?,32?,33+,34-,35-,36+,37+,38-,39+,40-,41+,42+,43+,44+,45+,46-,47-,48-,49-,50+,51+,52-,53-,54+,55+,56+,57+,58+,59+,60-,61+,62?/m1/s1. The van der Waals surface area contributed by atoms with E-state index < -0.39 is 236 Å². The normalized spacial score (nSPS) is 52.0. The van der Waals surface area contributed by atoms with Gasteiger partial charge >= 0.3 is 10.4 Å². The second kappa shape index (κ2) is 29.5. The fourth-order valence-electron chi connectivity index (χ4n) is 17.2. The molecule has 3 saturated carbocycles. The predicted octanol–water partition coefficient (Wildman–Crippen LogP) is -3.82. The van der Waals surface area contributed by atoms with Gasteiger partial charge in [0.1, 0.15) is 122 Å². The van der Waals surface area contributed by atoms with Crippen molar-refractivity contribution in [1.29, 1.82) is 0 Å². The average molecular weight is 1390 g/mol. The van der Waals surface area contributed by atoms with Crippen LogP contribution in [0, 0.1) is 40.4 Å². The average Bonchev–Trinajstić information content (AvgIpc) is 1.69. The highest BCUT2D eigenvalue weighted by Gasteiger charge is 2.64. The Hall–Kier alpha value is -1.80. The summed E-state index contributed by atoms with van der Waals surface area (Å²) in [6.07, 6.45) is -46.9. The molecule has 0 radical (unpaired) electrons. The van der Waals surface area contributed by atoms with Gasteiger partial charge in [-0.15, -0.1) is 0 Å². The molecule has 33 heteroatoms. The summed E-state index contributed by atoms with van der Waals surface area (Å²) < 4.78 is 113. The number of hydrogen-bond acceptors (Lipinski definition) is 31. The number of fused-ring (bicyclic) bond motifs is 5. The molecule has 0 amide bonds. The van der Waals surface area contributed by atoms with Gasteiger partial charge < -0.3 is 133 Å². The van der Waals surface area contributed by atoms with Gasteiger partial charge in [0, 0.05) is 12.8 Å². The number of allylic oxidation sites excluding steroid dienone is 2. The summed E-state index contributed by atoms with van der Waals surface area (Å²) in [4.78, 5) is 13.3. The second-order valence-corrected chi connectivity index (χ2v) is 30.5. The number of aliphatic hydroxyl groups excluding tert-OH is 14. The highest BCUT2D eigenvalue weighted by Crippen LogP contribution is 2.67. The molecular formula is C62H102O32S. The minimum absolute atomic E-state index is 0.00437. The summed E-state index contributed by atoms with van der Waals surface area (Å²) in [6.45, 7) is 13.7. The molecule has 10 rings (SSSR count). The molecule has 16 N–H and O–H groups in total. The third kappa shape index (κ3) is 15.2. The van der Waals surface area contributed by atoms with E-state index in [1.54, 1.807) is 6.92 Å². The summed E-state index contributed by atoms with van der Waals surface area (Å²) >= 11 is 0. The summed E-state index contributed by atoms with van der Waals surface area (Å²) in [5.74, 6) is -0.914. The van der Waals surface area contributed by atoms with E-state index in [2.05, 4.69) is 19.9 Å². The highest BCUT2D eigenvalue weighted by molar-refractivity contribution is 7.80. The number of carbonyl (C=O) groups excluding carboxylic acids is 1. The van der Waals surface area contributed by atoms with Gasteiger partial charge in [0.2, 0.25) is 0 Å². The molecule has 0 spiro atoms. The van der Waals surface area contributed by atoms with E-state index in [0.717, 1.165) is 5.57 Å². The maximum atomic E-state index is 13.3. The van der Waals surface area contributed by atoms with Gasteiger partial charge in [0.05, 0.1) is 55.4 Å². The van der Waals surface area contributed by atoms with Crippen molar-refractivity contribution in [3.8, 4) is 0 Å². The summed E-state index contributed by atoms with van der Waals surface area (Å²) in [5, 5.41) is 169. The maximum Gasteiger partial charge on any atom is 0.397 e. The highest BCUT2D eigenvalue weighted by atomic mass is 32.3. The SMILES string of the molecule is CC(C)CC(=O)CC(C)(O)[C@H]1CCC2C3C[C@H](O[C@@H]4O[C@H](C)[C@@H](O)[C@H](O[C@@H]5OC[C@@H](O[C@@H]6O[C@H](CO)[C@H](O)[C@H](O)[C@H]6O[C@@H]6O[C@H](C)[C@H](O)[C@H](O[C@@H]7O[C@H](C)[C@H](O)[C@H](O)[C@H]7O)[C@H]6O)[C@H](O)[C@H]5O[C@@H]5O[C@H](C)[C@@H](O)[C@H](O)[C@H]5O)[C@H]4O)C4C[C@@H](OS(=O)(=O)O)CC[C@]4(C)C3=CC[C@@]21C. The van der Waals surface area contributed by atoms with Crippen LogP contribution >= 0.6 is 0 Å². The largest absolute Gasteiger partial charge is 0.397 e. The van der Waals surface area contributed by atoms with Gasteiger partial charge in [-0.1, -0.05) is 39.3 Å². The number of aliphatic hydroxyl groups is 15. The Morgan fingerprint density at radius 1 is 0.579 bits per heavy atom. The Bertz CT molecular complexity index is 2730. The van der Waals surface area contributed by atoms with Gasteiger partial charge in [0.25, 0.3) is 0 Å². The molecule has 32 nitrogen and oxygen atoms in total. The van der Waals surface area contributed by atoms with E-state index in [1.165, 1.54) is 27.7 Å². The Kier molecular flexibility index (Phi) is 23.6. The Balaban J connectivity index is 0.904. The van der Waals surface area contributed by atoms with Gasteiger partial charge in [0.15, 0.2) is 37.7 Å². The first-order valence-electron chi connectivity index (χ1n) is 33.3. The molecule has 10 aliphatic rings. The lowest BCUT2D eigenvalue weighted by molar-refractivity contribution is -0.402. The van der Waals surface area contributed by atoms with Gasteiger partial charge in [-0.2, -0.15) is 8.42 Å². The van der Waals surface area contributed by atoms with Crippen molar-refractivity contribution in [3.05, 3.63) is 11.6 Å². The number of ether oxygens (including phenoxy) is 12. The number of hydrogen-bond donors (Lipinski definition) is 16. The fraction of sp³-hybridized carbons (Fsp3) is 0.952. The lowest BCUT2D eigenvalue weighted by Gasteiger charge is -2.60. The fourth-order valence-corrected chi connectivity index (χ4v) is 17.7. The first kappa shape index (κ1) is 75.9. The molecular weight excluding hydrogens is 1290 g/mol. The molecule has 38 atom stereocenters. The van der Waals surface area contributed by atoms with Crippen LogP contribution in [0.2, 0.25) is 0 Å². The van der Waals surface area contributed by atoms with Gasteiger partial charge in [-0.25, -0.2) is 4.18 Å². The number of carbonyl (C=O) groups is 1. The maximum absolute atomic E-state index is 13.3. The summed E-state index contributed by atoms with van der Waals surface area (Å²) in [7, 11) is -4.91. The van der Waals surface area contributed by atoms with Crippen molar-refractivity contribution in [2.24, 2.45) is 40.4 Å². The van der Waals surface area contributed by atoms with Crippen LogP contribution in [-0.4, -0.2) is 305 Å². The lowest BCUT2D eigenvalue weighted by Crippen LogP contribution is -2.67. The van der Waals surface area contributed by atoms with Crippen molar-refractivity contribution >= 4 is 16.2 Å². The molecule has 6 heterocycles. The van der Waals surface area contributed by atoms with E-state index in [1.807, 2.05) is 13.8 Å². The summed E-state index contributed by atoms with van der Waals surface area (Å²) in [6, 6.07) is 0. The van der Waals surface area contributed by atoms with Crippen LogP contribution in [0.5, 0.6) is 0 Å². The molecule has 4 aliphatic carbocycles. The zero-order valence-electron chi connectivity index (χ0n) is 54.7. The first-order valence-corrected chi connectivity index (χ1v) is 34.6. The minimum Gasteiger partial charge on any atom is -0.394 e. The minimum atomic E-state index is -4.91. The number of rotatable bonds is 20. The summed E-state index contributed by atoms with van der Waals surface area (Å²) in [5.41, 5.74) is -1.34. The van der Waals surface area contributed by atoms with E-state index in [0.29, 0.717) is 38.5 Å². The predicted molar refractivity (Wildman–Crippen MR) is 317 cm³/mol. The zero-order chi connectivity index (χ0) is 69.6. The molecule has 0 aromatic rings. The molecule has 95 heavy (non-hydrogen) atoms. The molecule has 6 aliphatic heterocycles. The van der Waals surface area contributed by atoms with Crippen LogP contribution < -0.4 is 0 Å². The van der Waals surface area contributed by atoms with Crippen LogP contribution in [0.4, 0.5) is 0 Å². The molecule has 4 unspecified atom stereocenters. The third-order valence-electron chi connectivity index (χ3n) is 22.4. The van der Waals surface area contributed by atoms with E-state index >= 15 is 0 Å². The Morgan fingerprint density at radius 3 is 1.61 bits per heavy atom. The van der Waals surface area contributed by atoms with Crippen LogP contribution in [-0.2, 0) is 76.2 Å².